The van der Waals surface area contributed by atoms with Crippen molar-refractivity contribution in [3.8, 4) is 5.88 Å². The summed E-state index contributed by atoms with van der Waals surface area (Å²) in [4.78, 5) is 12.1. The number of nitrogens with zero attached hydrogens (tertiary/aromatic N) is 3. The summed E-state index contributed by atoms with van der Waals surface area (Å²) >= 11 is 0. The predicted molar refractivity (Wildman–Crippen MR) is 78.9 cm³/mol. The molecule has 2 heterocycles. The lowest BCUT2D eigenvalue weighted by Gasteiger charge is -2.09. The Balaban J connectivity index is 2.00. The first-order valence-electron chi connectivity index (χ1n) is 6.72. The third-order valence-corrected chi connectivity index (χ3v) is 2.74. The Hall–Kier alpha value is -2.44. The molecule has 0 aromatic carbocycles. The molecule has 0 atom stereocenters. The normalized spacial score (nSPS) is 10.2. The maximum Gasteiger partial charge on any atom is 0.224 e. The van der Waals surface area contributed by atoms with E-state index in [-0.39, 0.29) is 5.82 Å². The van der Waals surface area contributed by atoms with Crippen molar-refractivity contribution in [2.75, 3.05) is 24.3 Å². The van der Waals surface area contributed by atoms with E-state index in [2.05, 4.69) is 25.6 Å². The SMILES string of the molecule is CCCNc1ncc(F)c(NCc2ccc(OC)nc2)n1. The molecule has 0 aliphatic carbocycles. The van der Waals surface area contributed by atoms with Gasteiger partial charge in [0.1, 0.15) is 0 Å². The second kappa shape index (κ2) is 7.37. The largest absolute Gasteiger partial charge is 0.481 e. The number of aromatic nitrogens is 3. The molecule has 0 bridgehead atoms. The van der Waals surface area contributed by atoms with Crippen LogP contribution >= 0.6 is 0 Å². The summed E-state index contributed by atoms with van der Waals surface area (Å²) in [7, 11) is 1.56. The Morgan fingerprint density at radius 2 is 2.05 bits per heavy atom. The molecule has 112 valence electrons. The van der Waals surface area contributed by atoms with Crippen LogP contribution in [0.1, 0.15) is 18.9 Å². The van der Waals surface area contributed by atoms with Gasteiger partial charge in [-0.15, -0.1) is 0 Å². The quantitative estimate of drug-likeness (QED) is 0.816. The van der Waals surface area contributed by atoms with Crippen molar-refractivity contribution in [2.45, 2.75) is 19.9 Å². The molecule has 2 rings (SSSR count). The lowest BCUT2D eigenvalue weighted by molar-refractivity contribution is 0.397. The fourth-order valence-corrected chi connectivity index (χ4v) is 1.64. The summed E-state index contributed by atoms with van der Waals surface area (Å²) < 4.78 is 18.6. The van der Waals surface area contributed by atoms with Crippen LogP contribution in [0.2, 0.25) is 0 Å². The van der Waals surface area contributed by atoms with E-state index in [0.29, 0.717) is 18.4 Å². The maximum absolute atomic E-state index is 13.7. The zero-order valence-corrected chi connectivity index (χ0v) is 12.1. The van der Waals surface area contributed by atoms with E-state index in [4.69, 9.17) is 4.74 Å². The van der Waals surface area contributed by atoms with Crippen molar-refractivity contribution in [1.82, 2.24) is 15.0 Å². The summed E-state index contributed by atoms with van der Waals surface area (Å²) in [6.45, 7) is 3.19. The average molecular weight is 291 g/mol. The van der Waals surface area contributed by atoms with Crippen LogP contribution in [-0.2, 0) is 6.54 Å². The molecule has 6 nitrogen and oxygen atoms in total. The second-order valence-corrected chi connectivity index (χ2v) is 4.38. The molecule has 7 heteroatoms. The van der Waals surface area contributed by atoms with Crippen LogP contribution in [0.15, 0.2) is 24.5 Å². The zero-order chi connectivity index (χ0) is 15.1. The van der Waals surface area contributed by atoms with E-state index in [1.807, 2.05) is 13.0 Å². The van der Waals surface area contributed by atoms with Crippen LogP contribution in [0.5, 0.6) is 5.88 Å². The standard InChI is InChI=1S/C14H18FN5O/c1-3-6-16-14-19-9-11(15)13(20-14)18-8-10-4-5-12(21-2)17-7-10/h4-5,7,9H,3,6,8H2,1-2H3,(H2,16,18,19,20). The molecule has 0 radical (unpaired) electrons. The third kappa shape index (κ3) is 4.27. The Morgan fingerprint density at radius 3 is 2.71 bits per heavy atom. The molecule has 2 aromatic rings. The van der Waals surface area contributed by atoms with E-state index in [9.17, 15) is 4.39 Å². The number of nitrogens with one attached hydrogen (secondary N) is 2. The van der Waals surface area contributed by atoms with Crippen molar-refractivity contribution in [3.05, 3.63) is 35.9 Å². The topological polar surface area (TPSA) is 72.0 Å². The first kappa shape index (κ1) is 15.0. The van der Waals surface area contributed by atoms with Gasteiger partial charge in [0.2, 0.25) is 11.8 Å². The minimum atomic E-state index is -0.487. The highest BCUT2D eigenvalue weighted by Gasteiger charge is 2.06. The molecule has 2 aromatic heterocycles. The van der Waals surface area contributed by atoms with Gasteiger partial charge in [0.05, 0.1) is 13.3 Å². The molecule has 0 amide bonds. The van der Waals surface area contributed by atoms with E-state index in [1.165, 1.54) is 0 Å². The monoisotopic (exact) mass is 291 g/mol. The van der Waals surface area contributed by atoms with Gasteiger partial charge < -0.3 is 15.4 Å². The van der Waals surface area contributed by atoms with Gasteiger partial charge >= 0.3 is 0 Å². The molecule has 0 saturated carbocycles. The van der Waals surface area contributed by atoms with Crippen molar-refractivity contribution < 1.29 is 9.13 Å². The predicted octanol–water partition coefficient (Wildman–Crippen LogP) is 2.45. The van der Waals surface area contributed by atoms with E-state index in [1.54, 1.807) is 19.4 Å². The Labute approximate surface area is 122 Å². The van der Waals surface area contributed by atoms with E-state index >= 15 is 0 Å². The van der Waals surface area contributed by atoms with Crippen LogP contribution < -0.4 is 15.4 Å². The maximum atomic E-state index is 13.7. The number of pyridine rings is 1. The smallest absolute Gasteiger partial charge is 0.224 e. The number of methoxy groups -OCH3 is 1. The molecule has 0 aliphatic heterocycles. The second-order valence-electron chi connectivity index (χ2n) is 4.38. The van der Waals surface area contributed by atoms with Crippen LogP contribution in [0.4, 0.5) is 16.2 Å². The number of hydrogen-bond donors (Lipinski definition) is 2. The van der Waals surface area contributed by atoms with Gasteiger partial charge in [-0.2, -0.15) is 4.98 Å². The van der Waals surface area contributed by atoms with Crippen molar-refractivity contribution >= 4 is 11.8 Å². The van der Waals surface area contributed by atoms with Gasteiger partial charge in [0, 0.05) is 25.4 Å². The summed E-state index contributed by atoms with van der Waals surface area (Å²) in [5.41, 5.74) is 0.900. The lowest BCUT2D eigenvalue weighted by Crippen LogP contribution is -2.09. The molecular formula is C14H18FN5O. The van der Waals surface area contributed by atoms with Crippen LogP contribution in [0.3, 0.4) is 0 Å². The highest BCUT2D eigenvalue weighted by Crippen LogP contribution is 2.14. The Morgan fingerprint density at radius 1 is 1.19 bits per heavy atom. The number of halogens is 1. The number of hydrogen-bond acceptors (Lipinski definition) is 6. The van der Waals surface area contributed by atoms with Gasteiger partial charge in [-0.1, -0.05) is 13.0 Å². The van der Waals surface area contributed by atoms with Gasteiger partial charge in [-0.05, 0) is 12.0 Å². The minimum absolute atomic E-state index is 0.166. The van der Waals surface area contributed by atoms with Gasteiger partial charge in [-0.25, -0.2) is 14.4 Å². The highest BCUT2D eigenvalue weighted by molar-refractivity contribution is 5.41. The molecule has 0 aliphatic rings. The van der Waals surface area contributed by atoms with Crippen LogP contribution in [-0.4, -0.2) is 28.6 Å². The summed E-state index contributed by atoms with van der Waals surface area (Å²) in [5.74, 6) is 0.629. The van der Waals surface area contributed by atoms with E-state index < -0.39 is 5.82 Å². The highest BCUT2D eigenvalue weighted by atomic mass is 19.1. The average Bonchev–Trinajstić information content (AvgIpc) is 2.53. The first-order chi connectivity index (χ1) is 10.2. The molecule has 0 fully saturated rings. The van der Waals surface area contributed by atoms with Crippen LogP contribution in [0.25, 0.3) is 0 Å². The summed E-state index contributed by atoms with van der Waals surface area (Å²) in [6, 6.07) is 3.61. The van der Waals surface area contributed by atoms with Gasteiger partial charge in [0.25, 0.3) is 0 Å². The van der Waals surface area contributed by atoms with E-state index in [0.717, 1.165) is 24.7 Å². The molecule has 0 unspecified atom stereocenters. The molecule has 0 spiro atoms. The molecular weight excluding hydrogens is 273 g/mol. The third-order valence-electron chi connectivity index (χ3n) is 2.74. The molecule has 0 saturated heterocycles. The first-order valence-corrected chi connectivity index (χ1v) is 6.72. The van der Waals surface area contributed by atoms with Crippen molar-refractivity contribution in [3.63, 3.8) is 0 Å². The van der Waals surface area contributed by atoms with Gasteiger partial charge in [0.15, 0.2) is 11.6 Å². The summed E-state index contributed by atoms with van der Waals surface area (Å²) in [6.07, 6.45) is 3.77. The lowest BCUT2D eigenvalue weighted by atomic mass is 10.3. The number of anilines is 2. The minimum Gasteiger partial charge on any atom is -0.481 e. The number of ether oxygens (including phenoxy) is 1. The Bertz CT molecular complexity index is 576. The molecule has 21 heavy (non-hydrogen) atoms. The zero-order valence-electron chi connectivity index (χ0n) is 12.1. The van der Waals surface area contributed by atoms with Crippen LogP contribution in [0, 0.1) is 5.82 Å². The fourth-order valence-electron chi connectivity index (χ4n) is 1.64. The molecule has 2 N–H and O–H groups in total. The van der Waals surface area contributed by atoms with Gasteiger partial charge in [-0.3, -0.25) is 0 Å². The van der Waals surface area contributed by atoms with Crippen molar-refractivity contribution in [1.29, 1.82) is 0 Å². The Kier molecular flexibility index (Phi) is 5.25. The van der Waals surface area contributed by atoms with Crippen molar-refractivity contribution in [2.24, 2.45) is 0 Å². The number of rotatable bonds is 7. The fraction of sp³-hybridized carbons (Fsp3) is 0.357. The summed E-state index contributed by atoms with van der Waals surface area (Å²) in [5, 5.41) is 5.95.